The van der Waals surface area contributed by atoms with Crippen molar-refractivity contribution in [2.75, 3.05) is 0 Å². The van der Waals surface area contributed by atoms with Gasteiger partial charge in [-0.2, -0.15) is 0 Å². The summed E-state index contributed by atoms with van der Waals surface area (Å²) in [6, 6.07) is 8.84. The van der Waals surface area contributed by atoms with Crippen LogP contribution in [0, 0.1) is 5.82 Å². The quantitative estimate of drug-likeness (QED) is 0.610. The average Bonchev–Trinajstić information content (AvgIpc) is 2.37. The van der Waals surface area contributed by atoms with Gasteiger partial charge in [-0.1, -0.05) is 41.3 Å². The van der Waals surface area contributed by atoms with Crippen LogP contribution in [-0.4, -0.2) is 6.98 Å². The van der Waals surface area contributed by atoms with E-state index in [9.17, 15) is 17.3 Å². The maximum atomic E-state index is 13.5. The van der Waals surface area contributed by atoms with E-state index in [0.717, 1.165) is 6.07 Å². The summed E-state index contributed by atoms with van der Waals surface area (Å²) in [7, 11) is 0. The van der Waals surface area contributed by atoms with Crippen LogP contribution in [0.5, 0.6) is 5.75 Å². The molecular formula is C13H9BClF4O-. The third-order valence-corrected chi connectivity index (χ3v) is 3.06. The monoisotopic (exact) mass is 303 g/mol. The smallest absolute Gasteiger partial charge is 0.492 e. The molecule has 0 unspecified atom stereocenters. The fourth-order valence-corrected chi connectivity index (χ4v) is 1.92. The minimum absolute atomic E-state index is 0.0265. The molecule has 2 aromatic rings. The first-order valence-corrected chi connectivity index (χ1v) is 6.12. The van der Waals surface area contributed by atoms with E-state index in [2.05, 4.69) is 0 Å². The number of ether oxygens (including phenoxy) is 1. The number of halogens is 5. The van der Waals surface area contributed by atoms with Crippen LogP contribution >= 0.6 is 11.6 Å². The molecule has 2 aromatic carbocycles. The van der Waals surface area contributed by atoms with Crippen molar-refractivity contribution in [3.8, 4) is 5.75 Å². The van der Waals surface area contributed by atoms with E-state index >= 15 is 0 Å². The van der Waals surface area contributed by atoms with E-state index in [4.69, 9.17) is 16.3 Å². The van der Waals surface area contributed by atoms with Gasteiger partial charge in [0.25, 0.3) is 0 Å². The lowest BCUT2D eigenvalue weighted by atomic mass is 9.79. The summed E-state index contributed by atoms with van der Waals surface area (Å²) in [6.07, 6.45) is 0. The second-order valence-corrected chi connectivity index (χ2v) is 4.51. The minimum atomic E-state index is -5.19. The number of hydrogen-bond donors (Lipinski definition) is 0. The van der Waals surface area contributed by atoms with Crippen molar-refractivity contribution in [3.05, 3.63) is 58.9 Å². The maximum absolute atomic E-state index is 13.5. The minimum Gasteiger partial charge on any atom is -0.492 e. The van der Waals surface area contributed by atoms with Gasteiger partial charge in [0.2, 0.25) is 0 Å². The highest BCUT2D eigenvalue weighted by atomic mass is 35.5. The molecule has 0 heterocycles. The summed E-state index contributed by atoms with van der Waals surface area (Å²) in [5.74, 6) is -0.952. The first kappa shape index (κ1) is 14.7. The van der Waals surface area contributed by atoms with Crippen molar-refractivity contribution in [3.63, 3.8) is 0 Å². The number of rotatable bonds is 4. The zero-order chi connectivity index (χ0) is 14.8. The van der Waals surface area contributed by atoms with E-state index in [1.54, 1.807) is 0 Å². The van der Waals surface area contributed by atoms with Crippen LogP contribution in [0.15, 0.2) is 42.5 Å². The highest BCUT2D eigenvalue weighted by molar-refractivity contribution is 6.74. The molecule has 0 saturated carbocycles. The highest BCUT2D eigenvalue weighted by Crippen LogP contribution is 2.22. The Balaban J connectivity index is 2.24. The van der Waals surface area contributed by atoms with Crippen LogP contribution in [-0.2, 0) is 6.61 Å². The molecule has 1 nitrogen and oxygen atoms in total. The van der Waals surface area contributed by atoms with Crippen molar-refractivity contribution in [2.45, 2.75) is 6.61 Å². The van der Waals surface area contributed by atoms with Gasteiger partial charge in [-0.3, -0.25) is 0 Å². The van der Waals surface area contributed by atoms with E-state index in [1.807, 2.05) is 0 Å². The van der Waals surface area contributed by atoms with Gasteiger partial charge < -0.3 is 17.7 Å². The lowest BCUT2D eigenvalue weighted by Gasteiger charge is -2.19. The fraction of sp³-hybridized carbons (Fsp3) is 0.0769. The largest absolute Gasteiger partial charge is 0.513 e. The lowest BCUT2D eigenvalue weighted by molar-refractivity contribution is 0.300. The molecule has 0 amide bonds. The Labute approximate surface area is 118 Å². The fourth-order valence-electron chi connectivity index (χ4n) is 1.70. The Morgan fingerprint density at radius 1 is 1.00 bits per heavy atom. The summed E-state index contributed by atoms with van der Waals surface area (Å²) in [5, 5.41) is 0.111. The van der Waals surface area contributed by atoms with Gasteiger partial charge in [0.1, 0.15) is 12.4 Å². The van der Waals surface area contributed by atoms with E-state index in [-0.39, 0.29) is 22.9 Å². The molecule has 0 radical (unpaired) electrons. The summed E-state index contributed by atoms with van der Waals surface area (Å²) >= 11 is 5.79. The van der Waals surface area contributed by atoms with Crippen LogP contribution in [0.1, 0.15) is 5.56 Å². The van der Waals surface area contributed by atoms with Gasteiger partial charge in [0.15, 0.2) is 0 Å². The van der Waals surface area contributed by atoms with Crippen molar-refractivity contribution >= 4 is 24.0 Å². The van der Waals surface area contributed by atoms with Crippen LogP contribution in [0.3, 0.4) is 0 Å². The Bertz CT molecular complexity index is 595. The molecule has 106 valence electrons. The topological polar surface area (TPSA) is 9.23 Å². The molecule has 0 spiro atoms. The molecule has 2 rings (SSSR count). The van der Waals surface area contributed by atoms with Crippen molar-refractivity contribution in [1.82, 2.24) is 0 Å². The van der Waals surface area contributed by atoms with E-state index in [1.165, 1.54) is 36.4 Å². The Hall–Kier alpha value is -1.69. The van der Waals surface area contributed by atoms with Crippen molar-refractivity contribution in [2.24, 2.45) is 0 Å². The van der Waals surface area contributed by atoms with Crippen LogP contribution in [0.25, 0.3) is 0 Å². The Morgan fingerprint density at radius 2 is 1.70 bits per heavy atom. The molecule has 0 atom stereocenters. The molecule has 0 aliphatic rings. The Morgan fingerprint density at radius 3 is 2.35 bits per heavy atom. The maximum Gasteiger partial charge on any atom is 0.513 e. The van der Waals surface area contributed by atoms with Crippen LogP contribution in [0.2, 0.25) is 5.02 Å². The predicted molar refractivity (Wildman–Crippen MR) is 70.9 cm³/mol. The summed E-state index contributed by atoms with van der Waals surface area (Å²) in [5.41, 5.74) is -0.821. The van der Waals surface area contributed by atoms with E-state index < -0.39 is 18.3 Å². The normalized spacial score (nSPS) is 11.4. The zero-order valence-corrected chi connectivity index (χ0v) is 10.9. The van der Waals surface area contributed by atoms with Crippen molar-refractivity contribution < 1.29 is 22.1 Å². The van der Waals surface area contributed by atoms with Gasteiger partial charge >= 0.3 is 6.98 Å². The molecule has 0 aliphatic carbocycles. The molecule has 0 fully saturated rings. The van der Waals surface area contributed by atoms with Crippen LogP contribution in [0.4, 0.5) is 17.3 Å². The van der Waals surface area contributed by atoms with Gasteiger partial charge in [-0.15, -0.1) is 0 Å². The third-order valence-electron chi connectivity index (χ3n) is 2.71. The molecule has 0 aliphatic heterocycles. The molecule has 7 heteroatoms. The zero-order valence-electron chi connectivity index (χ0n) is 10.1. The lowest BCUT2D eigenvalue weighted by Crippen LogP contribution is -2.35. The molecule has 0 saturated heterocycles. The molecule has 0 N–H and O–H groups in total. The molecule has 0 aromatic heterocycles. The Kier molecular flexibility index (Phi) is 4.23. The van der Waals surface area contributed by atoms with Gasteiger partial charge in [0.05, 0.1) is 10.8 Å². The van der Waals surface area contributed by atoms with Gasteiger partial charge in [0, 0.05) is 5.56 Å². The van der Waals surface area contributed by atoms with Crippen LogP contribution < -0.4 is 10.2 Å². The second kappa shape index (κ2) is 5.75. The number of benzene rings is 2. The molecular weight excluding hydrogens is 294 g/mol. The van der Waals surface area contributed by atoms with Crippen molar-refractivity contribution in [1.29, 1.82) is 0 Å². The first-order chi connectivity index (χ1) is 9.39. The first-order valence-electron chi connectivity index (χ1n) is 5.74. The number of hydrogen-bond acceptors (Lipinski definition) is 1. The molecule has 20 heavy (non-hydrogen) atoms. The molecule has 0 bridgehead atoms. The summed E-state index contributed by atoms with van der Waals surface area (Å²) in [4.78, 5) is 0. The number of para-hydroxylation sites is 1. The second-order valence-electron chi connectivity index (χ2n) is 4.10. The summed E-state index contributed by atoms with van der Waals surface area (Å²) < 4.78 is 57.0. The highest BCUT2D eigenvalue weighted by Gasteiger charge is 2.29. The standard InChI is InChI=1S/C13H9BClF4O/c15-11-5-3-6-12(16)9(11)8-20-13-7-2-1-4-10(13)14(17,18)19/h1-7H,8H2/q-1. The average molecular weight is 303 g/mol. The summed E-state index contributed by atoms with van der Waals surface area (Å²) in [6.45, 7) is -5.56. The van der Waals surface area contributed by atoms with Gasteiger partial charge in [-0.25, -0.2) is 4.39 Å². The third kappa shape index (κ3) is 3.25. The SMILES string of the molecule is Fc1cccc(Cl)c1COc1ccccc1[B-](F)(F)F. The predicted octanol–water partition coefficient (Wildman–Crippen LogP) is 4.11. The van der Waals surface area contributed by atoms with Gasteiger partial charge in [-0.05, 0) is 18.2 Å². The van der Waals surface area contributed by atoms with E-state index in [0.29, 0.717) is 0 Å².